The van der Waals surface area contributed by atoms with Gasteiger partial charge in [-0.25, -0.2) is 0 Å². The molecule has 0 saturated heterocycles. The van der Waals surface area contributed by atoms with Gasteiger partial charge in [-0.2, -0.15) is 5.10 Å². The number of hydrogen-bond donors (Lipinski definition) is 1. The minimum atomic E-state index is -0.186. The van der Waals surface area contributed by atoms with Crippen molar-refractivity contribution in [2.75, 3.05) is 0 Å². The lowest BCUT2D eigenvalue weighted by molar-refractivity contribution is -0.116. The normalized spacial score (nSPS) is 17.9. The van der Waals surface area contributed by atoms with E-state index in [4.69, 9.17) is 0 Å². The summed E-state index contributed by atoms with van der Waals surface area (Å²) in [6.45, 7) is 5.91. The van der Waals surface area contributed by atoms with Crippen molar-refractivity contribution in [3.05, 3.63) is 17.5 Å². The number of amides is 1. The SMILES string of the molecule is CC#CC(=O)NC1CCc2cn(C(C)C)nc2C1. The molecule has 4 nitrogen and oxygen atoms in total. The first-order chi connectivity index (χ1) is 8.60. The minimum Gasteiger partial charge on any atom is -0.342 e. The van der Waals surface area contributed by atoms with Gasteiger partial charge in [0.15, 0.2) is 0 Å². The molecule has 1 aliphatic rings. The van der Waals surface area contributed by atoms with Crippen LogP contribution in [0.3, 0.4) is 0 Å². The first-order valence-corrected chi connectivity index (χ1v) is 6.40. The Morgan fingerprint density at radius 3 is 3.06 bits per heavy atom. The van der Waals surface area contributed by atoms with Crippen molar-refractivity contribution in [2.45, 2.75) is 52.1 Å². The van der Waals surface area contributed by atoms with Crippen LogP contribution >= 0.6 is 0 Å². The molecule has 0 fully saturated rings. The third kappa shape index (κ3) is 2.73. The zero-order valence-electron chi connectivity index (χ0n) is 11.2. The number of nitrogens with one attached hydrogen (secondary N) is 1. The zero-order valence-corrected chi connectivity index (χ0v) is 11.2. The van der Waals surface area contributed by atoms with Gasteiger partial charge in [0.2, 0.25) is 0 Å². The summed E-state index contributed by atoms with van der Waals surface area (Å²) in [6, 6.07) is 0.552. The van der Waals surface area contributed by atoms with E-state index in [2.05, 4.69) is 42.3 Å². The molecule has 1 atom stereocenters. The molecule has 1 N–H and O–H groups in total. The van der Waals surface area contributed by atoms with Gasteiger partial charge in [0.25, 0.3) is 5.91 Å². The number of carbonyl (C=O) groups excluding carboxylic acids is 1. The van der Waals surface area contributed by atoms with E-state index in [1.807, 2.05) is 4.68 Å². The number of aromatic nitrogens is 2. The molecule has 0 aromatic carbocycles. The maximum absolute atomic E-state index is 11.4. The van der Waals surface area contributed by atoms with Crippen LogP contribution in [0.1, 0.15) is 44.5 Å². The Morgan fingerprint density at radius 1 is 1.61 bits per heavy atom. The number of rotatable bonds is 2. The van der Waals surface area contributed by atoms with Crippen LogP contribution in [0.5, 0.6) is 0 Å². The van der Waals surface area contributed by atoms with Gasteiger partial charge in [-0.15, -0.1) is 0 Å². The van der Waals surface area contributed by atoms with E-state index >= 15 is 0 Å². The van der Waals surface area contributed by atoms with E-state index in [0.29, 0.717) is 6.04 Å². The largest absolute Gasteiger partial charge is 0.342 e. The standard InChI is InChI=1S/C14H19N3O/c1-4-5-14(18)15-12-7-6-11-9-17(10(2)3)16-13(11)8-12/h9-10,12H,6-8H2,1-3H3,(H,15,18). The Labute approximate surface area is 108 Å². The van der Waals surface area contributed by atoms with E-state index in [1.54, 1.807) is 6.92 Å². The summed E-state index contributed by atoms with van der Waals surface area (Å²) in [5.41, 5.74) is 2.43. The van der Waals surface area contributed by atoms with Crippen LogP contribution in [0, 0.1) is 11.8 Å². The fourth-order valence-corrected chi connectivity index (χ4v) is 2.24. The van der Waals surface area contributed by atoms with Gasteiger partial charge in [0, 0.05) is 24.7 Å². The Balaban J connectivity index is 2.04. The van der Waals surface area contributed by atoms with Crippen molar-refractivity contribution in [2.24, 2.45) is 0 Å². The first-order valence-electron chi connectivity index (χ1n) is 6.40. The highest BCUT2D eigenvalue weighted by atomic mass is 16.1. The second-order valence-corrected chi connectivity index (χ2v) is 4.96. The number of hydrogen-bond acceptors (Lipinski definition) is 2. The highest BCUT2D eigenvalue weighted by molar-refractivity contribution is 5.93. The quantitative estimate of drug-likeness (QED) is 0.802. The molecular weight excluding hydrogens is 226 g/mol. The van der Waals surface area contributed by atoms with Gasteiger partial charge in [-0.3, -0.25) is 9.48 Å². The maximum Gasteiger partial charge on any atom is 0.296 e. The fourth-order valence-electron chi connectivity index (χ4n) is 2.24. The molecular formula is C14H19N3O. The van der Waals surface area contributed by atoms with Crippen molar-refractivity contribution in [1.82, 2.24) is 15.1 Å². The van der Waals surface area contributed by atoms with Crippen molar-refractivity contribution >= 4 is 5.91 Å². The molecule has 18 heavy (non-hydrogen) atoms. The highest BCUT2D eigenvalue weighted by Crippen LogP contribution is 2.21. The first kappa shape index (κ1) is 12.7. The summed E-state index contributed by atoms with van der Waals surface area (Å²) in [5.74, 6) is 4.94. The Morgan fingerprint density at radius 2 is 2.39 bits per heavy atom. The Kier molecular flexibility index (Phi) is 3.71. The van der Waals surface area contributed by atoms with Crippen molar-refractivity contribution < 1.29 is 4.79 Å². The predicted octanol–water partition coefficient (Wildman–Crippen LogP) is 1.46. The third-order valence-corrected chi connectivity index (χ3v) is 3.20. The van der Waals surface area contributed by atoms with Crippen LogP contribution in [-0.2, 0) is 17.6 Å². The third-order valence-electron chi connectivity index (χ3n) is 3.20. The van der Waals surface area contributed by atoms with Crippen LogP contribution in [0.15, 0.2) is 6.20 Å². The molecule has 0 bridgehead atoms. The molecule has 0 saturated carbocycles. The summed E-state index contributed by atoms with van der Waals surface area (Å²) in [7, 11) is 0. The number of nitrogens with zero attached hydrogens (tertiary/aromatic N) is 2. The predicted molar refractivity (Wildman–Crippen MR) is 70.0 cm³/mol. The molecule has 2 rings (SSSR count). The van der Waals surface area contributed by atoms with E-state index in [9.17, 15) is 4.79 Å². The summed E-state index contributed by atoms with van der Waals surface area (Å²) in [5, 5.41) is 7.52. The summed E-state index contributed by atoms with van der Waals surface area (Å²) in [4.78, 5) is 11.4. The average molecular weight is 245 g/mol. The van der Waals surface area contributed by atoms with Gasteiger partial charge in [-0.1, -0.05) is 5.92 Å². The van der Waals surface area contributed by atoms with Crippen LogP contribution in [0.2, 0.25) is 0 Å². The molecule has 1 aliphatic carbocycles. The number of aryl methyl sites for hydroxylation is 1. The van der Waals surface area contributed by atoms with Crippen LogP contribution in [-0.4, -0.2) is 21.7 Å². The summed E-state index contributed by atoms with van der Waals surface area (Å²) in [6.07, 6.45) is 4.89. The Hall–Kier alpha value is -1.76. The molecule has 1 unspecified atom stereocenters. The van der Waals surface area contributed by atoms with E-state index < -0.39 is 0 Å². The Bertz CT molecular complexity index is 505. The highest BCUT2D eigenvalue weighted by Gasteiger charge is 2.22. The van der Waals surface area contributed by atoms with Gasteiger partial charge < -0.3 is 5.32 Å². The summed E-state index contributed by atoms with van der Waals surface area (Å²) >= 11 is 0. The molecule has 4 heteroatoms. The van der Waals surface area contributed by atoms with Crippen LogP contribution in [0.25, 0.3) is 0 Å². The summed E-state index contributed by atoms with van der Waals surface area (Å²) < 4.78 is 2.00. The monoisotopic (exact) mass is 245 g/mol. The van der Waals surface area contributed by atoms with Gasteiger partial charge in [0.1, 0.15) is 0 Å². The molecule has 1 aromatic heterocycles. The smallest absolute Gasteiger partial charge is 0.296 e. The molecule has 96 valence electrons. The van der Waals surface area contributed by atoms with E-state index in [1.165, 1.54) is 5.56 Å². The fraction of sp³-hybridized carbons (Fsp3) is 0.571. The van der Waals surface area contributed by atoms with Crippen LogP contribution in [0.4, 0.5) is 0 Å². The second kappa shape index (κ2) is 5.26. The van der Waals surface area contributed by atoms with E-state index in [0.717, 1.165) is 25.0 Å². The van der Waals surface area contributed by atoms with Gasteiger partial charge in [0.05, 0.1) is 5.69 Å². The zero-order chi connectivity index (χ0) is 13.1. The molecule has 0 spiro atoms. The lowest BCUT2D eigenvalue weighted by Crippen LogP contribution is -2.38. The maximum atomic E-state index is 11.4. The number of fused-ring (bicyclic) bond motifs is 1. The molecule has 0 radical (unpaired) electrons. The van der Waals surface area contributed by atoms with Gasteiger partial charge in [-0.05, 0) is 45.1 Å². The average Bonchev–Trinajstić information content (AvgIpc) is 2.72. The van der Waals surface area contributed by atoms with E-state index in [-0.39, 0.29) is 11.9 Å². The van der Waals surface area contributed by atoms with Crippen molar-refractivity contribution in [1.29, 1.82) is 0 Å². The molecule has 1 aromatic rings. The molecule has 0 aliphatic heterocycles. The number of carbonyl (C=O) groups is 1. The minimum absolute atomic E-state index is 0.168. The topological polar surface area (TPSA) is 46.9 Å². The molecule has 1 amide bonds. The lowest BCUT2D eigenvalue weighted by atomic mass is 9.94. The lowest BCUT2D eigenvalue weighted by Gasteiger charge is -2.21. The van der Waals surface area contributed by atoms with Crippen molar-refractivity contribution in [3.8, 4) is 11.8 Å². The second-order valence-electron chi connectivity index (χ2n) is 4.96. The van der Waals surface area contributed by atoms with Crippen LogP contribution < -0.4 is 5.32 Å². The molecule has 1 heterocycles. The van der Waals surface area contributed by atoms with Gasteiger partial charge >= 0.3 is 0 Å². The van der Waals surface area contributed by atoms with Crippen molar-refractivity contribution in [3.63, 3.8) is 0 Å².